The van der Waals surface area contributed by atoms with Gasteiger partial charge in [0.15, 0.2) is 6.04 Å². The highest BCUT2D eigenvalue weighted by atomic mass is 19.3. The maximum Gasteiger partial charge on any atom is 0.276 e. The third kappa shape index (κ3) is 2.05. The van der Waals surface area contributed by atoms with Gasteiger partial charge in [-0.15, -0.1) is 0 Å². The zero-order chi connectivity index (χ0) is 12.5. The van der Waals surface area contributed by atoms with E-state index in [1.54, 1.807) is 30.3 Å². The molecule has 0 aliphatic carbocycles. The lowest BCUT2D eigenvalue weighted by molar-refractivity contribution is -0.119. The average Bonchev–Trinajstić information content (AvgIpc) is 2.64. The molecule has 1 aliphatic heterocycles. The van der Waals surface area contributed by atoms with E-state index < -0.39 is 24.3 Å². The summed E-state index contributed by atoms with van der Waals surface area (Å²) in [6, 6.07) is 6.47. The van der Waals surface area contributed by atoms with Crippen molar-refractivity contribution >= 4 is 12.2 Å². The lowest BCUT2D eigenvalue weighted by Crippen LogP contribution is -2.43. The topological polar surface area (TPSA) is 37.4 Å². The maximum absolute atomic E-state index is 13.3. The zero-order valence-corrected chi connectivity index (χ0v) is 8.98. The standard InChI is InChI=1S/C12H11F2NO2/c13-12(14)6-7-15(10(12)8-16)11(17)9-4-2-1-3-5-9/h1-5,8,10H,6-7H2. The van der Waals surface area contributed by atoms with Crippen LogP contribution in [0.1, 0.15) is 16.8 Å². The molecule has 90 valence electrons. The van der Waals surface area contributed by atoms with Crippen LogP contribution in [0.15, 0.2) is 30.3 Å². The Balaban J connectivity index is 2.25. The molecule has 1 fully saturated rings. The summed E-state index contributed by atoms with van der Waals surface area (Å²) in [5, 5.41) is 0. The highest BCUT2D eigenvalue weighted by Crippen LogP contribution is 2.33. The quantitative estimate of drug-likeness (QED) is 0.737. The van der Waals surface area contributed by atoms with Crippen LogP contribution in [0.2, 0.25) is 0 Å². The SMILES string of the molecule is O=CC1N(C(=O)c2ccccc2)CCC1(F)F. The Morgan fingerprint density at radius 2 is 2.00 bits per heavy atom. The zero-order valence-electron chi connectivity index (χ0n) is 8.98. The molecule has 1 atom stereocenters. The van der Waals surface area contributed by atoms with Crippen molar-refractivity contribution in [3.8, 4) is 0 Å². The minimum Gasteiger partial charge on any atom is -0.323 e. The van der Waals surface area contributed by atoms with Crippen molar-refractivity contribution in [2.24, 2.45) is 0 Å². The number of carbonyl (C=O) groups is 2. The predicted molar refractivity (Wildman–Crippen MR) is 56.9 cm³/mol. The smallest absolute Gasteiger partial charge is 0.276 e. The van der Waals surface area contributed by atoms with Crippen LogP contribution in [0.3, 0.4) is 0 Å². The van der Waals surface area contributed by atoms with Crippen LogP contribution in [-0.2, 0) is 4.79 Å². The number of rotatable bonds is 2. The van der Waals surface area contributed by atoms with Gasteiger partial charge in [-0.05, 0) is 12.1 Å². The molecule has 1 heterocycles. The van der Waals surface area contributed by atoms with Gasteiger partial charge in [-0.3, -0.25) is 4.79 Å². The molecule has 1 saturated heterocycles. The Labute approximate surface area is 97.0 Å². The molecule has 2 rings (SSSR count). The minimum absolute atomic E-state index is 0.0931. The Morgan fingerprint density at radius 1 is 1.35 bits per heavy atom. The Morgan fingerprint density at radius 3 is 2.59 bits per heavy atom. The second-order valence-corrected chi connectivity index (χ2v) is 3.96. The fourth-order valence-electron chi connectivity index (χ4n) is 1.93. The van der Waals surface area contributed by atoms with E-state index >= 15 is 0 Å². The summed E-state index contributed by atoms with van der Waals surface area (Å²) in [7, 11) is 0. The van der Waals surface area contributed by atoms with Gasteiger partial charge in [0.1, 0.15) is 6.29 Å². The van der Waals surface area contributed by atoms with Gasteiger partial charge in [0.2, 0.25) is 0 Å². The molecule has 0 N–H and O–H groups in total. The number of likely N-dealkylation sites (tertiary alicyclic amines) is 1. The first-order valence-corrected chi connectivity index (χ1v) is 5.25. The van der Waals surface area contributed by atoms with Crippen LogP contribution < -0.4 is 0 Å². The minimum atomic E-state index is -3.12. The van der Waals surface area contributed by atoms with Gasteiger partial charge < -0.3 is 9.69 Å². The largest absolute Gasteiger partial charge is 0.323 e. The van der Waals surface area contributed by atoms with Gasteiger partial charge in [0, 0.05) is 18.5 Å². The van der Waals surface area contributed by atoms with Gasteiger partial charge in [-0.2, -0.15) is 0 Å². The van der Waals surface area contributed by atoms with Crippen LogP contribution in [0.5, 0.6) is 0 Å². The van der Waals surface area contributed by atoms with Crippen molar-refractivity contribution in [3.05, 3.63) is 35.9 Å². The van der Waals surface area contributed by atoms with Gasteiger partial charge in [-0.25, -0.2) is 8.78 Å². The molecule has 0 spiro atoms. The van der Waals surface area contributed by atoms with E-state index in [1.807, 2.05) is 0 Å². The molecule has 1 unspecified atom stereocenters. The fraction of sp³-hybridized carbons (Fsp3) is 0.333. The van der Waals surface area contributed by atoms with Crippen LogP contribution in [-0.4, -0.2) is 35.6 Å². The van der Waals surface area contributed by atoms with Crippen LogP contribution in [0, 0.1) is 0 Å². The molecule has 0 bridgehead atoms. The number of aldehydes is 1. The van der Waals surface area contributed by atoms with Crippen molar-refractivity contribution in [1.29, 1.82) is 0 Å². The third-order valence-electron chi connectivity index (χ3n) is 2.87. The van der Waals surface area contributed by atoms with Crippen LogP contribution >= 0.6 is 0 Å². The van der Waals surface area contributed by atoms with E-state index in [0.717, 1.165) is 4.90 Å². The van der Waals surface area contributed by atoms with E-state index in [2.05, 4.69) is 0 Å². The second kappa shape index (κ2) is 4.24. The molecule has 0 aromatic heterocycles. The summed E-state index contributed by atoms with van der Waals surface area (Å²) >= 11 is 0. The van der Waals surface area contributed by atoms with E-state index in [1.165, 1.54) is 0 Å². The second-order valence-electron chi connectivity index (χ2n) is 3.96. The summed E-state index contributed by atoms with van der Waals surface area (Å²) in [5.74, 6) is -3.65. The van der Waals surface area contributed by atoms with E-state index in [4.69, 9.17) is 0 Å². The molecule has 1 aromatic rings. The first-order valence-electron chi connectivity index (χ1n) is 5.25. The fourth-order valence-corrected chi connectivity index (χ4v) is 1.93. The van der Waals surface area contributed by atoms with Crippen molar-refractivity contribution in [2.45, 2.75) is 18.4 Å². The molecule has 1 amide bonds. The molecule has 1 aromatic carbocycles. The summed E-state index contributed by atoms with van der Waals surface area (Å²) in [6.45, 7) is -0.0931. The number of amides is 1. The lowest BCUT2D eigenvalue weighted by atomic mass is 10.1. The maximum atomic E-state index is 13.3. The number of halogens is 2. The third-order valence-corrected chi connectivity index (χ3v) is 2.87. The summed E-state index contributed by atoms with van der Waals surface area (Å²) in [6.07, 6.45) is -0.317. The first-order chi connectivity index (χ1) is 8.06. The molecule has 17 heavy (non-hydrogen) atoms. The number of alkyl halides is 2. The molecule has 1 aliphatic rings. The summed E-state index contributed by atoms with van der Waals surface area (Å²) in [4.78, 5) is 23.6. The highest BCUT2D eigenvalue weighted by Gasteiger charge is 2.50. The Kier molecular flexibility index (Phi) is 2.92. The first kappa shape index (κ1) is 11.7. The Hall–Kier alpha value is -1.78. The number of hydrogen-bond acceptors (Lipinski definition) is 2. The van der Waals surface area contributed by atoms with Crippen molar-refractivity contribution in [2.75, 3.05) is 6.54 Å². The van der Waals surface area contributed by atoms with Crippen LogP contribution in [0.4, 0.5) is 8.78 Å². The van der Waals surface area contributed by atoms with Gasteiger partial charge >= 0.3 is 0 Å². The van der Waals surface area contributed by atoms with Gasteiger partial charge in [0.25, 0.3) is 11.8 Å². The van der Waals surface area contributed by atoms with Crippen LogP contribution in [0.25, 0.3) is 0 Å². The van der Waals surface area contributed by atoms with Gasteiger partial charge in [-0.1, -0.05) is 18.2 Å². The summed E-state index contributed by atoms with van der Waals surface area (Å²) in [5.41, 5.74) is 0.317. The number of carbonyl (C=O) groups excluding carboxylic acids is 2. The van der Waals surface area contributed by atoms with E-state index in [-0.39, 0.29) is 12.8 Å². The molecule has 5 heteroatoms. The lowest BCUT2D eigenvalue weighted by Gasteiger charge is -2.22. The molecular formula is C12H11F2NO2. The van der Waals surface area contributed by atoms with E-state index in [0.29, 0.717) is 5.56 Å². The van der Waals surface area contributed by atoms with Crippen molar-refractivity contribution < 1.29 is 18.4 Å². The average molecular weight is 239 g/mol. The number of benzene rings is 1. The molecular weight excluding hydrogens is 228 g/mol. The monoisotopic (exact) mass is 239 g/mol. The molecule has 3 nitrogen and oxygen atoms in total. The molecule has 0 radical (unpaired) electrons. The van der Waals surface area contributed by atoms with E-state index in [9.17, 15) is 18.4 Å². The summed E-state index contributed by atoms with van der Waals surface area (Å²) < 4.78 is 26.6. The van der Waals surface area contributed by atoms with Crippen molar-refractivity contribution in [1.82, 2.24) is 4.90 Å². The van der Waals surface area contributed by atoms with Crippen molar-refractivity contribution in [3.63, 3.8) is 0 Å². The molecule has 0 saturated carbocycles. The number of nitrogens with zero attached hydrogens (tertiary/aromatic N) is 1. The van der Waals surface area contributed by atoms with Gasteiger partial charge in [0.05, 0.1) is 0 Å². The number of hydrogen-bond donors (Lipinski definition) is 0. The highest BCUT2D eigenvalue weighted by molar-refractivity contribution is 5.96. The predicted octanol–water partition coefficient (Wildman–Crippen LogP) is 1.74. The Bertz CT molecular complexity index is 433. The normalized spacial score (nSPS) is 22.5.